The van der Waals surface area contributed by atoms with Gasteiger partial charge >= 0.3 is 5.69 Å². The van der Waals surface area contributed by atoms with Gasteiger partial charge < -0.3 is 28.6 Å². The van der Waals surface area contributed by atoms with E-state index in [1.54, 1.807) is 40.2 Å². The summed E-state index contributed by atoms with van der Waals surface area (Å²) in [5, 5.41) is 0.542. The highest BCUT2D eigenvalue weighted by molar-refractivity contribution is 6.33. The smallest absolute Gasteiger partial charge is 0.328 e. The lowest BCUT2D eigenvalue weighted by Crippen LogP contribution is -2.37. The van der Waals surface area contributed by atoms with E-state index in [4.69, 9.17) is 40.3 Å². The first-order chi connectivity index (χ1) is 24.5. The molecule has 3 aromatic carbocycles. The molecule has 1 saturated heterocycles. The largest absolute Gasteiger partial charge is 0.497 e. The number of fused-ring (bicyclic) bond motifs is 2. The number of ether oxygens (including phenoxy) is 5. The van der Waals surface area contributed by atoms with Gasteiger partial charge in [0.15, 0.2) is 5.79 Å². The first-order valence-electron chi connectivity index (χ1n) is 16.3. The molecule has 0 amide bonds. The highest BCUT2D eigenvalue weighted by Gasteiger charge is 2.51. The van der Waals surface area contributed by atoms with Crippen molar-refractivity contribution in [3.63, 3.8) is 0 Å². The van der Waals surface area contributed by atoms with E-state index in [0.29, 0.717) is 35.0 Å². The van der Waals surface area contributed by atoms with Crippen LogP contribution in [0.3, 0.4) is 0 Å². The fourth-order valence-corrected chi connectivity index (χ4v) is 6.79. The van der Waals surface area contributed by atoms with Crippen LogP contribution in [0.15, 0.2) is 100 Å². The number of methoxy groups -OCH3 is 2. The topological polar surface area (TPSA) is 117 Å². The van der Waals surface area contributed by atoms with Gasteiger partial charge in [-0.15, -0.1) is 0 Å². The quantitative estimate of drug-likeness (QED) is 0.160. The van der Waals surface area contributed by atoms with E-state index in [2.05, 4.69) is 4.98 Å². The number of anilines is 1. The maximum absolute atomic E-state index is 15.6. The van der Waals surface area contributed by atoms with Crippen molar-refractivity contribution in [1.82, 2.24) is 14.5 Å². The van der Waals surface area contributed by atoms with Gasteiger partial charge in [-0.3, -0.25) is 14.3 Å². The number of rotatable bonds is 11. The second kappa shape index (κ2) is 13.9. The number of nitrogens with zero attached hydrogens (tertiary/aromatic N) is 3. The molecular formula is C38H36ClFN4O7. The van der Waals surface area contributed by atoms with Crippen molar-refractivity contribution in [3.8, 4) is 17.2 Å². The minimum atomic E-state index is -0.920. The predicted molar refractivity (Wildman–Crippen MR) is 190 cm³/mol. The number of aromatic amines is 1. The molecule has 11 nitrogen and oxygen atoms in total. The fourth-order valence-electron chi connectivity index (χ4n) is 6.52. The normalized spacial score (nSPS) is 19.1. The zero-order valence-electron chi connectivity index (χ0n) is 28.4. The predicted octanol–water partition coefficient (Wildman–Crippen LogP) is 6.18. The number of nitrogens with one attached hydrogen (secondary N) is 1. The first kappa shape index (κ1) is 34.3. The number of benzene rings is 3. The van der Waals surface area contributed by atoms with Crippen molar-refractivity contribution >= 4 is 28.3 Å². The number of hydrogen-bond donors (Lipinski definition) is 1. The first-order valence-corrected chi connectivity index (χ1v) is 16.7. The summed E-state index contributed by atoms with van der Waals surface area (Å²) in [6.07, 6.45) is 2.19. The molecule has 5 aromatic rings. The molecule has 3 atom stereocenters. The van der Waals surface area contributed by atoms with Crippen molar-refractivity contribution in [1.29, 1.82) is 0 Å². The zero-order valence-corrected chi connectivity index (χ0v) is 29.1. The number of pyridine rings is 1. The molecule has 1 aliphatic heterocycles. The number of H-pyrrole nitrogens is 1. The van der Waals surface area contributed by atoms with Gasteiger partial charge in [-0.2, -0.15) is 0 Å². The summed E-state index contributed by atoms with van der Waals surface area (Å²) in [7, 11) is 3.24. The molecule has 0 saturated carbocycles. The number of halogens is 2. The Bertz CT molecular complexity index is 2170. The maximum Gasteiger partial charge on any atom is 0.328 e. The molecule has 0 unspecified atom stereocenters. The number of hydrogen-bond acceptors (Lipinski definition) is 9. The highest BCUT2D eigenvalue weighted by atomic mass is 35.5. The third-order valence-electron chi connectivity index (χ3n) is 8.95. The van der Waals surface area contributed by atoms with E-state index in [9.17, 15) is 9.59 Å². The standard InChI is InChI=1S/C38H36ClFN4O7/c1-38(2)50-34-24(15-32(35(34)51-38)44-14-13-33(45)42-37(44)46)21-49-27-16-30(40)28-18-29(39)36(41-31(28)17-27)43(19-22-5-9-25(47-3)10-6-22)20-23-7-11-26(48-4)12-8-23/h5-18,32,34-35H,19-21H2,1-4H3,(H,42,45,46)/t32-,34-,35+/m1/s1. The molecule has 2 aromatic heterocycles. The average molecular weight is 715 g/mol. The van der Waals surface area contributed by atoms with Gasteiger partial charge in [0.25, 0.3) is 5.56 Å². The Labute approximate surface area is 297 Å². The van der Waals surface area contributed by atoms with Crippen LogP contribution in [0.2, 0.25) is 5.02 Å². The lowest BCUT2D eigenvalue weighted by atomic mass is 10.1. The molecule has 3 heterocycles. The molecule has 13 heteroatoms. The van der Waals surface area contributed by atoms with Crippen LogP contribution in [-0.4, -0.2) is 53.4 Å². The van der Waals surface area contributed by atoms with E-state index in [1.807, 2.05) is 59.5 Å². The summed E-state index contributed by atoms with van der Waals surface area (Å²) in [4.78, 5) is 33.6. The summed E-state index contributed by atoms with van der Waals surface area (Å²) >= 11 is 6.82. The highest BCUT2D eigenvalue weighted by Crippen LogP contribution is 2.43. The molecule has 0 bridgehead atoms. The van der Waals surface area contributed by atoms with Crippen molar-refractivity contribution in [2.75, 3.05) is 25.7 Å². The van der Waals surface area contributed by atoms with Gasteiger partial charge in [0.1, 0.15) is 47.7 Å². The summed E-state index contributed by atoms with van der Waals surface area (Å²) < 4.78 is 46.2. The van der Waals surface area contributed by atoms with Gasteiger partial charge in [0.2, 0.25) is 0 Å². The van der Waals surface area contributed by atoms with E-state index >= 15 is 4.39 Å². The molecule has 0 spiro atoms. The van der Waals surface area contributed by atoms with Crippen LogP contribution in [0.25, 0.3) is 10.9 Å². The molecule has 0 radical (unpaired) electrons. The third kappa shape index (κ3) is 7.21. The van der Waals surface area contributed by atoms with Crippen molar-refractivity contribution in [2.24, 2.45) is 0 Å². The Morgan fingerprint density at radius 3 is 2.18 bits per heavy atom. The van der Waals surface area contributed by atoms with E-state index in [0.717, 1.165) is 22.6 Å². The van der Waals surface area contributed by atoms with Gasteiger partial charge in [0, 0.05) is 42.9 Å². The molecule has 1 aliphatic carbocycles. The van der Waals surface area contributed by atoms with Gasteiger partial charge in [-0.25, -0.2) is 14.2 Å². The fraction of sp³-hybridized carbons (Fsp3) is 0.289. The second-order valence-corrected chi connectivity index (χ2v) is 13.3. The van der Waals surface area contributed by atoms with Gasteiger partial charge in [0.05, 0.1) is 30.8 Å². The Morgan fingerprint density at radius 1 is 0.922 bits per heavy atom. The third-order valence-corrected chi connectivity index (χ3v) is 9.23. The molecule has 264 valence electrons. The molecular weight excluding hydrogens is 679 g/mol. The van der Waals surface area contributed by atoms with Gasteiger partial charge in [-0.05, 0) is 60.9 Å². The van der Waals surface area contributed by atoms with E-state index in [1.165, 1.54) is 22.9 Å². The molecule has 7 rings (SSSR count). The van der Waals surface area contributed by atoms with Crippen molar-refractivity contribution < 1.29 is 28.1 Å². The SMILES string of the molecule is COc1ccc(CN(Cc2ccc(OC)cc2)c2nc3cc(OCC4=C[C@@H](n5ccc(=O)[nH]c5=O)[C@@H]5OC(C)(C)O[C@H]45)cc(F)c3cc2Cl)cc1. The average Bonchev–Trinajstić information content (AvgIpc) is 3.60. The summed E-state index contributed by atoms with van der Waals surface area (Å²) in [6, 6.07) is 20.7. The summed E-state index contributed by atoms with van der Waals surface area (Å²) in [5.74, 6) is 0.741. The Kier molecular flexibility index (Phi) is 9.32. The molecule has 2 aliphatic rings. The second-order valence-electron chi connectivity index (χ2n) is 12.9. The van der Waals surface area contributed by atoms with Crippen LogP contribution in [0.5, 0.6) is 17.2 Å². The monoisotopic (exact) mass is 714 g/mol. The Morgan fingerprint density at radius 2 is 1.57 bits per heavy atom. The lowest BCUT2D eigenvalue weighted by molar-refractivity contribution is -0.148. The van der Waals surface area contributed by atoms with Crippen LogP contribution in [0.4, 0.5) is 10.2 Å². The molecule has 51 heavy (non-hydrogen) atoms. The van der Waals surface area contributed by atoms with Crippen LogP contribution in [0, 0.1) is 5.82 Å². The van der Waals surface area contributed by atoms with E-state index < -0.39 is 41.1 Å². The Balaban J connectivity index is 1.19. The van der Waals surface area contributed by atoms with Crippen molar-refractivity contribution in [2.45, 2.75) is 51.0 Å². The molecule has 1 N–H and O–H groups in total. The number of aromatic nitrogens is 3. The minimum absolute atomic E-state index is 0.0294. The van der Waals surface area contributed by atoms with Crippen molar-refractivity contribution in [3.05, 3.63) is 133 Å². The minimum Gasteiger partial charge on any atom is -0.497 e. The summed E-state index contributed by atoms with van der Waals surface area (Å²) in [5.41, 5.74) is 2.00. The summed E-state index contributed by atoms with van der Waals surface area (Å²) in [6.45, 7) is 4.53. The van der Waals surface area contributed by atoms with Crippen LogP contribution < -0.4 is 30.4 Å². The van der Waals surface area contributed by atoms with Crippen LogP contribution >= 0.6 is 11.6 Å². The molecule has 1 fully saturated rings. The zero-order chi connectivity index (χ0) is 35.9. The van der Waals surface area contributed by atoms with Crippen LogP contribution in [-0.2, 0) is 22.6 Å². The maximum atomic E-state index is 15.6. The lowest BCUT2D eigenvalue weighted by Gasteiger charge is -2.26. The van der Waals surface area contributed by atoms with Gasteiger partial charge in [-0.1, -0.05) is 41.9 Å². The Hall–Kier alpha value is -5.17. The van der Waals surface area contributed by atoms with Crippen LogP contribution in [0.1, 0.15) is 31.0 Å². The van der Waals surface area contributed by atoms with E-state index in [-0.39, 0.29) is 17.7 Å².